The number of carbonyl (C=O) groups is 3. The van der Waals surface area contributed by atoms with Crippen molar-refractivity contribution in [2.24, 2.45) is 11.3 Å². The molecule has 0 saturated carbocycles. The standard InChI is InChI=1S/C14H23NO4S/c1-9(8-20-13(19)14(2,3)4)11(16)15-7-5-6-10(15)12(17)18/h9-10H,5-8H2,1-4H3,(H,17,18)/t9-,10+/m1/s1. The molecule has 1 fully saturated rings. The lowest BCUT2D eigenvalue weighted by Crippen LogP contribution is -2.43. The third-order valence-electron chi connectivity index (χ3n) is 3.32. The lowest BCUT2D eigenvalue weighted by Gasteiger charge is -2.25. The number of carboxylic acid groups (broad SMARTS) is 1. The maximum Gasteiger partial charge on any atom is 0.326 e. The fourth-order valence-electron chi connectivity index (χ4n) is 2.06. The first-order chi connectivity index (χ1) is 9.14. The summed E-state index contributed by atoms with van der Waals surface area (Å²) in [4.78, 5) is 36.6. The number of carboxylic acids is 1. The van der Waals surface area contributed by atoms with Crippen LogP contribution in [0.3, 0.4) is 0 Å². The molecule has 114 valence electrons. The monoisotopic (exact) mass is 301 g/mol. The Morgan fingerprint density at radius 2 is 1.95 bits per heavy atom. The number of amides is 1. The van der Waals surface area contributed by atoms with Gasteiger partial charge in [0.2, 0.25) is 5.91 Å². The van der Waals surface area contributed by atoms with Crippen LogP contribution >= 0.6 is 11.8 Å². The van der Waals surface area contributed by atoms with Crippen LogP contribution in [-0.4, -0.2) is 45.3 Å². The van der Waals surface area contributed by atoms with E-state index in [2.05, 4.69) is 0 Å². The van der Waals surface area contributed by atoms with E-state index in [-0.39, 0.29) is 16.9 Å². The zero-order chi connectivity index (χ0) is 15.5. The van der Waals surface area contributed by atoms with Crippen molar-refractivity contribution in [3.05, 3.63) is 0 Å². The predicted octanol–water partition coefficient (Wildman–Crippen LogP) is 2.00. The molecule has 6 heteroatoms. The topological polar surface area (TPSA) is 74.7 Å². The Kier molecular flexibility index (Phi) is 5.62. The van der Waals surface area contributed by atoms with Gasteiger partial charge >= 0.3 is 5.97 Å². The van der Waals surface area contributed by atoms with Crippen molar-refractivity contribution < 1.29 is 19.5 Å². The fourth-order valence-corrected chi connectivity index (χ4v) is 3.04. The van der Waals surface area contributed by atoms with Gasteiger partial charge in [-0.1, -0.05) is 39.5 Å². The Morgan fingerprint density at radius 1 is 1.35 bits per heavy atom. The summed E-state index contributed by atoms with van der Waals surface area (Å²) < 4.78 is 0. The Labute approximate surface area is 124 Å². The second-order valence-corrected chi connectivity index (χ2v) is 7.27. The molecule has 0 spiro atoms. The van der Waals surface area contributed by atoms with Gasteiger partial charge in [-0.15, -0.1) is 0 Å². The highest BCUT2D eigenvalue weighted by Crippen LogP contribution is 2.26. The summed E-state index contributed by atoms with van der Waals surface area (Å²) in [6.45, 7) is 7.78. The molecule has 1 aliphatic heterocycles. The molecule has 2 atom stereocenters. The quantitative estimate of drug-likeness (QED) is 0.859. The molecule has 1 aliphatic rings. The maximum absolute atomic E-state index is 12.3. The predicted molar refractivity (Wildman–Crippen MR) is 78.5 cm³/mol. The SMILES string of the molecule is C[C@H](CSC(=O)C(C)(C)C)C(=O)N1CCC[C@H]1C(=O)O. The summed E-state index contributed by atoms with van der Waals surface area (Å²) in [6.07, 6.45) is 1.24. The van der Waals surface area contributed by atoms with Crippen LogP contribution in [0.5, 0.6) is 0 Å². The van der Waals surface area contributed by atoms with E-state index in [0.29, 0.717) is 18.7 Å². The van der Waals surface area contributed by atoms with Gasteiger partial charge in [0.15, 0.2) is 5.12 Å². The molecule has 1 N–H and O–H groups in total. The number of hydrogen-bond acceptors (Lipinski definition) is 4. The van der Waals surface area contributed by atoms with E-state index in [4.69, 9.17) is 5.11 Å². The number of carbonyl (C=O) groups excluding carboxylic acids is 2. The van der Waals surface area contributed by atoms with Gasteiger partial charge in [-0.2, -0.15) is 0 Å². The normalized spacial score (nSPS) is 20.8. The van der Waals surface area contributed by atoms with Gasteiger partial charge in [-0.05, 0) is 12.8 Å². The molecule has 0 radical (unpaired) electrons. The van der Waals surface area contributed by atoms with Crippen molar-refractivity contribution in [3.63, 3.8) is 0 Å². The smallest absolute Gasteiger partial charge is 0.326 e. The van der Waals surface area contributed by atoms with Crippen LogP contribution in [0.4, 0.5) is 0 Å². The third kappa shape index (κ3) is 4.23. The van der Waals surface area contributed by atoms with Crippen molar-refractivity contribution in [2.75, 3.05) is 12.3 Å². The molecule has 0 bridgehead atoms. The number of likely N-dealkylation sites (tertiary alicyclic amines) is 1. The summed E-state index contributed by atoms with van der Waals surface area (Å²) in [5, 5.41) is 9.14. The van der Waals surface area contributed by atoms with Crippen molar-refractivity contribution in [1.29, 1.82) is 0 Å². The summed E-state index contributed by atoms with van der Waals surface area (Å²) in [6, 6.07) is -0.701. The first-order valence-electron chi connectivity index (χ1n) is 6.85. The number of nitrogens with zero attached hydrogens (tertiary/aromatic N) is 1. The zero-order valence-corrected chi connectivity index (χ0v) is 13.3. The summed E-state index contributed by atoms with van der Waals surface area (Å²) in [7, 11) is 0. The van der Waals surface area contributed by atoms with Crippen LogP contribution in [0, 0.1) is 11.3 Å². The fraction of sp³-hybridized carbons (Fsp3) is 0.786. The number of hydrogen-bond donors (Lipinski definition) is 1. The van der Waals surface area contributed by atoms with E-state index in [1.54, 1.807) is 6.92 Å². The van der Waals surface area contributed by atoms with Gasteiger partial charge in [0.25, 0.3) is 0 Å². The maximum atomic E-state index is 12.3. The molecule has 20 heavy (non-hydrogen) atoms. The van der Waals surface area contributed by atoms with E-state index in [1.165, 1.54) is 4.90 Å². The summed E-state index contributed by atoms with van der Waals surface area (Å²) >= 11 is 1.15. The molecule has 0 aliphatic carbocycles. The summed E-state index contributed by atoms with van der Waals surface area (Å²) in [5.74, 6) is -1.05. The Hall–Kier alpha value is -1.04. The van der Waals surface area contributed by atoms with Crippen molar-refractivity contribution in [2.45, 2.75) is 46.6 Å². The number of aliphatic carboxylic acids is 1. The van der Waals surface area contributed by atoms with Gasteiger partial charge in [0.05, 0.1) is 0 Å². The Morgan fingerprint density at radius 3 is 2.45 bits per heavy atom. The van der Waals surface area contributed by atoms with Crippen molar-refractivity contribution in [1.82, 2.24) is 4.90 Å². The molecule has 0 aromatic carbocycles. The minimum atomic E-state index is -0.943. The molecule has 1 amide bonds. The molecular weight excluding hydrogens is 278 g/mol. The highest BCUT2D eigenvalue weighted by Gasteiger charge is 2.36. The van der Waals surface area contributed by atoms with Crippen LogP contribution in [0.25, 0.3) is 0 Å². The van der Waals surface area contributed by atoms with Crippen LogP contribution in [0.2, 0.25) is 0 Å². The van der Waals surface area contributed by atoms with Gasteiger partial charge in [-0.25, -0.2) is 4.79 Å². The van der Waals surface area contributed by atoms with E-state index >= 15 is 0 Å². The molecule has 1 saturated heterocycles. The molecule has 0 aromatic rings. The number of thioether (sulfide) groups is 1. The molecule has 0 unspecified atom stereocenters. The number of rotatable bonds is 4. The van der Waals surface area contributed by atoms with E-state index < -0.39 is 17.4 Å². The van der Waals surface area contributed by atoms with Gasteiger partial charge < -0.3 is 10.0 Å². The van der Waals surface area contributed by atoms with Gasteiger partial charge in [0.1, 0.15) is 6.04 Å². The Balaban J connectivity index is 2.55. The first kappa shape index (κ1) is 17.0. The van der Waals surface area contributed by atoms with Crippen LogP contribution in [0.15, 0.2) is 0 Å². The van der Waals surface area contributed by atoms with Crippen molar-refractivity contribution >= 4 is 28.8 Å². The first-order valence-corrected chi connectivity index (χ1v) is 7.83. The average Bonchev–Trinajstić information content (AvgIpc) is 2.82. The van der Waals surface area contributed by atoms with Crippen molar-refractivity contribution in [3.8, 4) is 0 Å². The molecule has 1 rings (SSSR count). The minimum absolute atomic E-state index is 0.0494. The van der Waals surface area contributed by atoms with Crippen LogP contribution < -0.4 is 0 Å². The molecular formula is C14H23NO4S. The molecule has 0 aromatic heterocycles. The van der Waals surface area contributed by atoms with Crippen LogP contribution in [-0.2, 0) is 14.4 Å². The second kappa shape index (κ2) is 6.61. The minimum Gasteiger partial charge on any atom is -0.480 e. The molecule has 1 heterocycles. The lowest BCUT2D eigenvalue weighted by molar-refractivity contribution is -0.149. The molecule has 5 nitrogen and oxygen atoms in total. The van der Waals surface area contributed by atoms with Gasteiger partial charge in [-0.3, -0.25) is 9.59 Å². The zero-order valence-electron chi connectivity index (χ0n) is 12.5. The van der Waals surface area contributed by atoms with E-state index in [9.17, 15) is 14.4 Å². The average molecular weight is 301 g/mol. The third-order valence-corrected chi connectivity index (χ3v) is 4.86. The van der Waals surface area contributed by atoms with Gasteiger partial charge in [0, 0.05) is 23.6 Å². The lowest BCUT2D eigenvalue weighted by atomic mass is 10.00. The van der Waals surface area contributed by atoms with Crippen LogP contribution in [0.1, 0.15) is 40.5 Å². The van der Waals surface area contributed by atoms with E-state index in [1.807, 2.05) is 20.8 Å². The Bertz CT molecular complexity index is 402. The second-order valence-electron chi connectivity index (χ2n) is 6.28. The highest BCUT2D eigenvalue weighted by molar-refractivity contribution is 8.13. The highest BCUT2D eigenvalue weighted by atomic mass is 32.2. The largest absolute Gasteiger partial charge is 0.480 e. The summed E-state index contributed by atoms with van der Waals surface area (Å²) in [5.41, 5.74) is -0.426. The van der Waals surface area contributed by atoms with E-state index in [0.717, 1.165) is 18.2 Å².